The number of hydrogen-bond acceptors (Lipinski definition) is 4. The van der Waals surface area contributed by atoms with E-state index in [0.717, 1.165) is 0 Å². The minimum atomic E-state index is -5.11. The van der Waals surface area contributed by atoms with Crippen molar-refractivity contribution < 1.29 is 52.7 Å². The minimum absolute atomic E-state index is 0.0588. The number of hydrogen-bond donors (Lipinski definition) is 0. The molecule has 10 aromatic carbocycles. The maximum atomic E-state index is 14.2. The number of nitriles is 1. The van der Waals surface area contributed by atoms with Crippen molar-refractivity contribution in [1.82, 2.24) is 24.1 Å². The molecule has 0 N–H and O–H groups in total. The lowest BCUT2D eigenvalue weighted by molar-refractivity contribution is -0.144. The second-order valence-electron chi connectivity index (χ2n) is 20.4. The van der Waals surface area contributed by atoms with Crippen molar-refractivity contribution in [2.45, 2.75) is 24.7 Å². The van der Waals surface area contributed by atoms with Crippen LogP contribution in [0.25, 0.3) is 123 Å². The van der Waals surface area contributed by atoms with E-state index in [0.29, 0.717) is 119 Å². The number of aromatic nitrogens is 5. The van der Waals surface area contributed by atoms with E-state index in [-0.39, 0.29) is 45.8 Å². The van der Waals surface area contributed by atoms with Crippen LogP contribution in [0.2, 0.25) is 0 Å². The summed E-state index contributed by atoms with van der Waals surface area (Å²) in [6.07, 6.45) is -20.4. The Labute approximate surface area is 479 Å². The third-order valence-electron chi connectivity index (χ3n) is 15.0. The molecule has 0 bridgehead atoms. The monoisotopic (exact) mass is 1160 g/mol. The van der Waals surface area contributed by atoms with E-state index < -0.39 is 47.0 Å². The Balaban J connectivity index is 1.09. The summed E-state index contributed by atoms with van der Waals surface area (Å²) in [6.45, 7) is 0. The van der Waals surface area contributed by atoms with Gasteiger partial charge in [0.2, 0.25) is 0 Å². The fraction of sp³-hybridized carbons (Fsp3) is 0.0588. The van der Waals surface area contributed by atoms with Crippen molar-refractivity contribution in [2.24, 2.45) is 0 Å². The first kappa shape index (κ1) is 54.7. The van der Waals surface area contributed by atoms with Gasteiger partial charge in [-0.25, -0.2) is 15.0 Å². The maximum absolute atomic E-state index is 14.2. The molecule has 86 heavy (non-hydrogen) atoms. The molecular formula is C68H36F12N6. The summed E-state index contributed by atoms with van der Waals surface area (Å²) in [7, 11) is 0. The van der Waals surface area contributed by atoms with Crippen molar-refractivity contribution in [3.8, 4) is 85.0 Å². The summed E-state index contributed by atoms with van der Waals surface area (Å²) >= 11 is 0. The van der Waals surface area contributed by atoms with Gasteiger partial charge in [-0.1, -0.05) is 115 Å². The van der Waals surface area contributed by atoms with Crippen LogP contribution in [-0.4, -0.2) is 24.1 Å². The van der Waals surface area contributed by atoms with Gasteiger partial charge in [0, 0.05) is 49.4 Å². The maximum Gasteiger partial charge on any atom is 0.416 e. The Bertz CT molecular complexity index is 4770. The average molecular weight is 1170 g/mol. The normalized spacial score (nSPS) is 12.4. The predicted molar refractivity (Wildman–Crippen MR) is 306 cm³/mol. The topological polar surface area (TPSA) is 72.3 Å². The molecule has 3 heterocycles. The van der Waals surface area contributed by atoms with Crippen molar-refractivity contribution in [3.63, 3.8) is 0 Å². The summed E-state index contributed by atoms with van der Waals surface area (Å²) < 4.78 is 174. The molecular weight excluding hydrogens is 1130 g/mol. The average Bonchev–Trinajstić information content (AvgIpc) is 1.73. The van der Waals surface area contributed by atoms with Crippen LogP contribution in [0.15, 0.2) is 218 Å². The van der Waals surface area contributed by atoms with Gasteiger partial charge < -0.3 is 9.13 Å². The molecule has 0 fully saturated rings. The van der Waals surface area contributed by atoms with Crippen LogP contribution in [0.3, 0.4) is 0 Å². The highest BCUT2D eigenvalue weighted by atomic mass is 19.4. The quantitative estimate of drug-likeness (QED) is 0.142. The molecule has 3 aromatic heterocycles. The van der Waals surface area contributed by atoms with Gasteiger partial charge in [-0.05, 0) is 125 Å². The van der Waals surface area contributed by atoms with E-state index in [1.165, 1.54) is 18.2 Å². The van der Waals surface area contributed by atoms with Crippen LogP contribution in [0.5, 0.6) is 0 Å². The summed E-state index contributed by atoms with van der Waals surface area (Å²) in [5.74, 6) is 0.953. The van der Waals surface area contributed by atoms with Gasteiger partial charge in [0.1, 0.15) is 0 Å². The van der Waals surface area contributed by atoms with Crippen molar-refractivity contribution in [3.05, 3.63) is 246 Å². The SMILES string of the molecule is N#Cc1ccc(-c2cc(-c3nc(-c4ccccc4)nc(-c4ccccc4)n3)ccc2-n2c3ccccc3c3cc(-c4cc(C(F)(F)F)cc(C(F)(F)F)c4)ccc32)c(-n2c3ccccc3c3cc(-c4cc(C(F)(F)F)cc(C(F)(F)F)c4)ccc32)c1. The van der Waals surface area contributed by atoms with Crippen molar-refractivity contribution in [2.75, 3.05) is 0 Å². The number of benzene rings is 10. The molecule has 0 aliphatic carbocycles. The zero-order valence-electron chi connectivity index (χ0n) is 44.0. The largest absolute Gasteiger partial charge is 0.416 e. The number of rotatable bonds is 8. The Morgan fingerprint density at radius 3 is 1.10 bits per heavy atom. The molecule has 422 valence electrons. The third-order valence-corrected chi connectivity index (χ3v) is 15.0. The van der Waals surface area contributed by atoms with Gasteiger partial charge >= 0.3 is 24.7 Å². The minimum Gasteiger partial charge on any atom is -0.309 e. The number of nitrogens with zero attached hydrogens (tertiary/aromatic N) is 6. The molecule has 0 aliphatic rings. The van der Waals surface area contributed by atoms with Gasteiger partial charge in [-0.2, -0.15) is 57.9 Å². The van der Waals surface area contributed by atoms with Crippen molar-refractivity contribution in [1.29, 1.82) is 5.26 Å². The van der Waals surface area contributed by atoms with Crippen LogP contribution >= 0.6 is 0 Å². The van der Waals surface area contributed by atoms with E-state index in [1.807, 2.05) is 88.0 Å². The van der Waals surface area contributed by atoms with Crippen LogP contribution in [-0.2, 0) is 24.7 Å². The molecule has 0 amide bonds. The molecule has 0 unspecified atom stereocenters. The zero-order valence-corrected chi connectivity index (χ0v) is 44.0. The third kappa shape index (κ3) is 9.89. The van der Waals surface area contributed by atoms with Gasteiger partial charge in [0.25, 0.3) is 0 Å². The number of alkyl halides is 12. The van der Waals surface area contributed by atoms with E-state index in [9.17, 15) is 57.9 Å². The number of halogens is 12. The fourth-order valence-electron chi connectivity index (χ4n) is 11.1. The molecule has 18 heteroatoms. The van der Waals surface area contributed by atoms with Crippen LogP contribution < -0.4 is 0 Å². The van der Waals surface area contributed by atoms with Crippen molar-refractivity contribution >= 4 is 43.6 Å². The first-order chi connectivity index (χ1) is 41.1. The lowest BCUT2D eigenvalue weighted by Crippen LogP contribution is -2.11. The van der Waals surface area contributed by atoms with Crippen LogP contribution in [0, 0.1) is 11.3 Å². The standard InChI is InChI=1S/C68H36F12N6/c69-65(70,71)46-28-44(29-47(35-46)66(72,73)74)41-20-24-58-53(32-41)50-15-7-9-17-56(50)85(58)59-26-22-43(64-83-62(39-11-3-1-4-12-39)82-63(84-64)40-13-5-2-6-14-40)34-55(59)52-23-19-38(37-81)27-61(52)86-57-18-10-8-16-51(57)54-33-42(21-25-60(54)86)45-30-48(67(75,76)77)36-49(31-45)68(78,79)80/h1-36H. The first-order valence-corrected chi connectivity index (χ1v) is 26.3. The Morgan fingerprint density at radius 1 is 0.291 bits per heavy atom. The summed E-state index contributed by atoms with van der Waals surface area (Å²) in [4.78, 5) is 14.9. The summed E-state index contributed by atoms with van der Waals surface area (Å²) in [5, 5.41) is 12.7. The smallest absolute Gasteiger partial charge is 0.309 e. The molecule has 6 nitrogen and oxygen atoms in total. The Hall–Kier alpha value is -10.5. The highest BCUT2D eigenvalue weighted by Gasteiger charge is 2.39. The van der Waals surface area contributed by atoms with Gasteiger partial charge in [0.15, 0.2) is 17.5 Å². The highest BCUT2D eigenvalue weighted by molar-refractivity contribution is 6.13. The molecule has 0 spiro atoms. The lowest BCUT2D eigenvalue weighted by atomic mass is 9.96. The molecule has 0 saturated heterocycles. The molecule has 0 saturated carbocycles. The Morgan fingerprint density at radius 2 is 0.674 bits per heavy atom. The van der Waals surface area contributed by atoms with E-state index >= 15 is 0 Å². The van der Waals surface area contributed by atoms with Gasteiger partial charge in [-0.3, -0.25) is 0 Å². The predicted octanol–water partition coefficient (Wildman–Crippen LogP) is 20.0. The highest BCUT2D eigenvalue weighted by Crippen LogP contribution is 2.46. The lowest BCUT2D eigenvalue weighted by Gasteiger charge is -2.20. The van der Waals surface area contributed by atoms with Gasteiger partial charge in [-0.15, -0.1) is 0 Å². The summed E-state index contributed by atoms with van der Waals surface area (Å²) in [6, 6.07) is 57.4. The van der Waals surface area contributed by atoms with E-state index in [4.69, 9.17) is 15.0 Å². The Kier molecular flexibility index (Phi) is 13.0. The summed E-state index contributed by atoms with van der Waals surface area (Å²) in [5.41, 5.74) is -0.450. The zero-order chi connectivity index (χ0) is 60.0. The second kappa shape index (κ2) is 20.4. The van der Waals surface area contributed by atoms with Gasteiger partial charge in [0.05, 0.1) is 67.3 Å². The first-order valence-electron chi connectivity index (χ1n) is 26.3. The second-order valence-corrected chi connectivity index (χ2v) is 20.4. The fourth-order valence-corrected chi connectivity index (χ4v) is 11.1. The molecule has 0 aliphatic heterocycles. The number of fused-ring (bicyclic) bond motifs is 6. The number of para-hydroxylation sites is 2. The molecule has 0 atom stereocenters. The van der Waals surface area contributed by atoms with E-state index in [1.54, 1.807) is 84.9 Å². The molecule has 0 radical (unpaired) electrons. The van der Waals surface area contributed by atoms with Crippen LogP contribution in [0.4, 0.5) is 52.7 Å². The van der Waals surface area contributed by atoms with Crippen LogP contribution in [0.1, 0.15) is 27.8 Å². The molecule has 13 rings (SSSR count). The van der Waals surface area contributed by atoms with E-state index in [2.05, 4.69) is 6.07 Å². The molecule has 13 aromatic rings.